The molecule has 0 saturated heterocycles. The van der Waals surface area contributed by atoms with Crippen molar-refractivity contribution in [3.8, 4) is 0 Å². The molecule has 0 atom stereocenters. The number of carbonyl (C=O) groups excluding carboxylic acids is 1. The summed E-state index contributed by atoms with van der Waals surface area (Å²) in [7, 11) is 1.71. The van der Waals surface area contributed by atoms with Gasteiger partial charge in [-0.15, -0.1) is 0 Å². The van der Waals surface area contributed by atoms with Crippen LogP contribution in [0.25, 0.3) is 0 Å². The topological polar surface area (TPSA) is 44.8 Å². The van der Waals surface area contributed by atoms with Crippen molar-refractivity contribution in [1.29, 1.82) is 0 Å². The number of unbranched alkanes of at least 4 members (excludes halogenated alkanes) is 16. The molecule has 0 aliphatic heterocycles. The van der Waals surface area contributed by atoms with Gasteiger partial charge < -0.3 is 14.2 Å². The summed E-state index contributed by atoms with van der Waals surface area (Å²) in [5.74, 6) is 0. The van der Waals surface area contributed by atoms with E-state index in [9.17, 15) is 4.79 Å². The summed E-state index contributed by atoms with van der Waals surface area (Å²) in [6.45, 7) is 4.34. The monoisotopic (exact) mass is 385 g/mol. The molecule has 0 spiro atoms. The standard InChI is InChI=1S/C23H45O4/c1-25-21-22-26-19-17-15-13-11-9-7-5-3-2-4-6-8-10-12-14-16-18-20-27-23-24/h2-22H2,1H3. The molecule has 27 heavy (non-hydrogen) atoms. The van der Waals surface area contributed by atoms with Crippen LogP contribution in [0.2, 0.25) is 0 Å². The molecule has 4 nitrogen and oxygen atoms in total. The normalized spacial score (nSPS) is 11.0. The van der Waals surface area contributed by atoms with Gasteiger partial charge in [-0.1, -0.05) is 96.3 Å². The van der Waals surface area contributed by atoms with Gasteiger partial charge in [0.05, 0.1) is 19.8 Å². The molecule has 0 saturated carbocycles. The van der Waals surface area contributed by atoms with Crippen LogP contribution >= 0.6 is 0 Å². The molecule has 0 unspecified atom stereocenters. The summed E-state index contributed by atoms with van der Waals surface area (Å²) >= 11 is 0. The quantitative estimate of drug-likeness (QED) is 0.181. The summed E-state index contributed by atoms with van der Waals surface area (Å²) in [6, 6.07) is 0. The summed E-state index contributed by atoms with van der Waals surface area (Å²) in [6.07, 6.45) is 22.6. The van der Waals surface area contributed by atoms with Crippen molar-refractivity contribution in [1.82, 2.24) is 0 Å². The fraction of sp³-hybridized carbons (Fsp3) is 0.957. The van der Waals surface area contributed by atoms with Crippen LogP contribution in [0.15, 0.2) is 0 Å². The lowest BCUT2D eigenvalue weighted by molar-refractivity contribution is 0.0685. The first-order valence-corrected chi connectivity index (χ1v) is 11.5. The molecule has 0 aliphatic rings. The molecule has 161 valence electrons. The summed E-state index contributed by atoms with van der Waals surface area (Å²) in [4.78, 5) is 9.87. The molecular formula is C23H45O4. The van der Waals surface area contributed by atoms with Crippen molar-refractivity contribution in [2.45, 2.75) is 109 Å². The number of hydrogen-bond donors (Lipinski definition) is 0. The van der Waals surface area contributed by atoms with Crippen LogP contribution in [0.5, 0.6) is 0 Å². The van der Waals surface area contributed by atoms with Gasteiger partial charge in [-0.05, 0) is 12.8 Å². The Morgan fingerprint density at radius 1 is 0.481 bits per heavy atom. The predicted molar refractivity (Wildman–Crippen MR) is 113 cm³/mol. The van der Waals surface area contributed by atoms with Crippen molar-refractivity contribution in [2.75, 3.05) is 33.5 Å². The Kier molecular flexibility index (Phi) is 24.8. The third-order valence-corrected chi connectivity index (χ3v) is 5.03. The molecule has 4 heteroatoms. The Balaban J connectivity index is 2.96. The fourth-order valence-corrected chi connectivity index (χ4v) is 3.32. The van der Waals surface area contributed by atoms with Crippen molar-refractivity contribution in [3.05, 3.63) is 0 Å². The molecule has 0 aliphatic carbocycles. The van der Waals surface area contributed by atoms with E-state index in [1.807, 2.05) is 0 Å². The Morgan fingerprint density at radius 2 is 0.852 bits per heavy atom. The van der Waals surface area contributed by atoms with Crippen molar-refractivity contribution < 1.29 is 19.0 Å². The van der Waals surface area contributed by atoms with Gasteiger partial charge in [0, 0.05) is 13.7 Å². The zero-order valence-corrected chi connectivity index (χ0v) is 18.0. The van der Waals surface area contributed by atoms with E-state index >= 15 is 0 Å². The maximum atomic E-state index is 9.87. The average molecular weight is 386 g/mol. The minimum Gasteiger partial charge on any atom is -0.457 e. The highest BCUT2D eigenvalue weighted by atomic mass is 16.5. The van der Waals surface area contributed by atoms with Crippen LogP contribution in [0.3, 0.4) is 0 Å². The van der Waals surface area contributed by atoms with Crippen LogP contribution in [0, 0.1) is 0 Å². The fourth-order valence-electron chi connectivity index (χ4n) is 3.32. The van der Waals surface area contributed by atoms with Crippen LogP contribution < -0.4 is 0 Å². The number of hydrogen-bond acceptors (Lipinski definition) is 4. The molecule has 0 aromatic heterocycles. The number of ether oxygens (including phenoxy) is 3. The molecule has 0 N–H and O–H groups in total. The maximum absolute atomic E-state index is 9.87. The van der Waals surface area contributed by atoms with E-state index in [1.54, 1.807) is 7.11 Å². The number of rotatable bonds is 24. The zero-order chi connectivity index (χ0) is 19.7. The van der Waals surface area contributed by atoms with Gasteiger partial charge in [-0.25, -0.2) is 4.79 Å². The van der Waals surface area contributed by atoms with Crippen LogP contribution in [-0.4, -0.2) is 40.0 Å². The van der Waals surface area contributed by atoms with E-state index in [1.165, 1.54) is 109 Å². The minimum atomic E-state index is 0.535. The molecule has 0 aromatic rings. The van der Waals surface area contributed by atoms with Gasteiger partial charge in [0.15, 0.2) is 0 Å². The first kappa shape index (κ1) is 26.4. The third-order valence-electron chi connectivity index (χ3n) is 5.03. The van der Waals surface area contributed by atoms with E-state index in [4.69, 9.17) is 9.47 Å². The van der Waals surface area contributed by atoms with Gasteiger partial charge in [0.25, 0.3) is 0 Å². The van der Waals surface area contributed by atoms with Crippen molar-refractivity contribution >= 4 is 6.47 Å². The van der Waals surface area contributed by atoms with Crippen LogP contribution in [0.1, 0.15) is 109 Å². The third kappa shape index (κ3) is 25.4. The van der Waals surface area contributed by atoms with E-state index in [2.05, 4.69) is 4.74 Å². The second-order valence-electron chi connectivity index (χ2n) is 7.55. The first-order chi connectivity index (χ1) is 13.4. The summed E-state index contributed by atoms with van der Waals surface area (Å²) in [5, 5.41) is 0. The lowest BCUT2D eigenvalue weighted by Crippen LogP contribution is -2.02. The van der Waals surface area contributed by atoms with Crippen LogP contribution in [0.4, 0.5) is 0 Å². The van der Waals surface area contributed by atoms with Gasteiger partial charge in [0.2, 0.25) is 0 Å². The lowest BCUT2D eigenvalue weighted by Gasteiger charge is -2.04. The lowest BCUT2D eigenvalue weighted by atomic mass is 10.0. The average Bonchev–Trinajstić information content (AvgIpc) is 2.68. The Morgan fingerprint density at radius 3 is 1.22 bits per heavy atom. The Bertz CT molecular complexity index is 271. The van der Waals surface area contributed by atoms with Gasteiger partial charge in [-0.3, -0.25) is 0 Å². The Hall–Kier alpha value is -0.610. The molecule has 0 aromatic carbocycles. The minimum absolute atomic E-state index is 0.535. The van der Waals surface area contributed by atoms with E-state index in [0.29, 0.717) is 13.2 Å². The van der Waals surface area contributed by atoms with Crippen molar-refractivity contribution in [3.63, 3.8) is 0 Å². The molecular weight excluding hydrogens is 340 g/mol. The summed E-state index contributed by atoms with van der Waals surface area (Å²) < 4.78 is 15.0. The van der Waals surface area contributed by atoms with Crippen LogP contribution in [-0.2, 0) is 19.0 Å². The SMILES string of the molecule is COCCOCCCCCCCCCCCCCCCCCCCO[C]=O. The van der Waals surface area contributed by atoms with E-state index in [-0.39, 0.29) is 0 Å². The van der Waals surface area contributed by atoms with Gasteiger partial charge >= 0.3 is 6.47 Å². The van der Waals surface area contributed by atoms with Gasteiger partial charge in [0.1, 0.15) is 0 Å². The molecule has 0 fully saturated rings. The van der Waals surface area contributed by atoms with Gasteiger partial charge in [-0.2, -0.15) is 0 Å². The highest BCUT2D eigenvalue weighted by molar-refractivity contribution is 5.37. The highest BCUT2D eigenvalue weighted by Gasteiger charge is 1.95. The molecule has 0 rings (SSSR count). The zero-order valence-electron chi connectivity index (χ0n) is 18.0. The predicted octanol–water partition coefficient (Wildman–Crippen LogP) is 6.36. The molecule has 0 heterocycles. The maximum Gasteiger partial charge on any atom is 0.417 e. The Labute approximate surface area is 168 Å². The smallest absolute Gasteiger partial charge is 0.417 e. The first-order valence-electron chi connectivity index (χ1n) is 11.5. The van der Waals surface area contributed by atoms with Crippen molar-refractivity contribution in [2.24, 2.45) is 0 Å². The van der Waals surface area contributed by atoms with E-state index in [0.717, 1.165) is 19.6 Å². The summed E-state index contributed by atoms with van der Waals surface area (Å²) in [5.41, 5.74) is 0. The number of methoxy groups -OCH3 is 1. The molecule has 1 radical (unpaired) electrons. The second-order valence-corrected chi connectivity index (χ2v) is 7.55. The molecule has 0 bridgehead atoms. The molecule has 0 amide bonds. The second kappa shape index (κ2) is 25.4. The van der Waals surface area contributed by atoms with E-state index < -0.39 is 0 Å². The largest absolute Gasteiger partial charge is 0.457 e. The highest BCUT2D eigenvalue weighted by Crippen LogP contribution is 2.14.